The van der Waals surface area contributed by atoms with Crippen LogP contribution >= 0.6 is 0 Å². The molecular formula is C15H16N2O3S. The van der Waals surface area contributed by atoms with E-state index in [2.05, 4.69) is 0 Å². The average molecular weight is 304 g/mol. The van der Waals surface area contributed by atoms with Crippen molar-refractivity contribution in [3.63, 3.8) is 0 Å². The molecule has 0 saturated carbocycles. The summed E-state index contributed by atoms with van der Waals surface area (Å²) >= 11 is 0. The number of carbonyl (C=O) groups excluding carboxylic acids is 1. The van der Waals surface area contributed by atoms with Crippen molar-refractivity contribution in [3.8, 4) is 0 Å². The molecule has 2 N–H and O–H groups in total. The molecule has 110 valence electrons. The maximum atomic E-state index is 12.5. The van der Waals surface area contributed by atoms with Gasteiger partial charge in [0, 0.05) is 30.2 Å². The topological polar surface area (TPSA) is 80.5 Å². The molecule has 0 aliphatic carbocycles. The quantitative estimate of drug-likeness (QED) is 0.879. The second-order valence-corrected chi connectivity index (χ2v) is 6.78. The van der Waals surface area contributed by atoms with Gasteiger partial charge in [-0.1, -0.05) is 18.2 Å². The fourth-order valence-corrected chi connectivity index (χ4v) is 2.61. The SMILES string of the molecule is CN(C(=O)c1cc(N)cc(S(C)(=O)=O)c1)c1ccccc1. The van der Waals surface area contributed by atoms with Crippen LogP contribution in [0.5, 0.6) is 0 Å². The monoisotopic (exact) mass is 304 g/mol. The van der Waals surface area contributed by atoms with Gasteiger partial charge in [0.05, 0.1) is 4.90 Å². The summed E-state index contributed by atoms with van der Waals surface area (Å²) in [5.41, 5.74) is 6.89. The van der Waals surface area contributed by atoms with Gasteiger partial charge in [-0.3, -0.25) is 4.79 Å². The lowest BCUT2D eigenvalue weighted by atomic mass is 10.1. The highest BCUT2D eigenvalue weighted by molar-refractivity contribution is 7.90. The summed E-state index contributed by atoms with van der Waals surface area (Å²) in [6.45, 7) is 0. The Morgan fingerprint density at radius 3 is 2.29 bits per heavy atom. The second kappa shape index (κ2) is 5.57. The molecule has 2 aromatic carbocycles. The van der Waals surface area contributed by atoms with Crippen LogP contribution < -0.4 is 10.6 Å². The number of benzene rings is 2. The van der Waals surface area contributed by atoms with Crippen molar-refractivity contribution < 1.29 is 13.2 Å². The number of nitrogens with two attached hydrogens (primary N) is 1. The van der Waals surface area contributed by atoms with Crippen LogP contribution in [0.2, 0.25) is 0 Å². The zero-order valence-corrected chi connectivity index (χ0v) is 12.6. The van der Waals surface area contributed by atoms with Crippen LogP contribution in [-0.4, -0.2) is 27.6 Å². The molecule has 0 heterocycles. The average Bonchev–Trinajstić information content (AvgIpc) is 2.45. The summed E-state index contributed by atoms with van der Waals surface area (Å²) < 4.78 is 23.2. The molecule has 0 radical (unpaired) electrons. The van der Waals surface area contributed by atoms with E-state index >= 15 is 0 Å². The fraction of sp³-hybridized carbons (Fsp3) is 0.133. The molecule has 0 aliphatic rings. The Balaban J connectivity index is 2.42. The number of anilines is 2. The zero-order valence-electron chi connectivity index (χ0n) is 11.8. The first-order valence-corrected chi connectivity index (χ1v) is 8.12. The number of rotatable bonds is 3. The molecule has 0 saturated heterocycles. The highest BCUT2D eigenvalue weighted by Gasteiger charge is 2.17. The third-order valence-corrected chi connectivity index (χ3v) is 4.14. The van der Waals surface area contributed by atoms with E-state index in [4.69, 9.17) is 5.73 Å². The summed E-state index contributed by atoms with van der Waals surface area (Å²) in [6, 6.07) is 13.2. The summed E-state index contributed by atoms with van der Waals surface area (Å²) in [4.78, 5) is 13.9. The van der Waals surface area contributed by atoms with Crippen LogP contribution in [0.4, 0.5) is 11.4 Å². The lowest BCUT2D eigenvalue weighted by Crippen LogP contribution is -2.26. The Morgan fingerprint density at radius 1 is 1.10 bits per heavy atom. The minimum atomic E-state index is -3.42. The lowest BCUT2D eigenvalue weighted by Gasteiger charge is -2.18. The van der Waals surface area contributed by atoms with Crippen LogP contribution in [0, 0.1) is 0 Å². The molecule has 5 nitrogen and oxygen atoms in total. The largest absolute Gasteiger partial charge is 0.399 e. The van der Waals surface area contributed by atoms with E-state index in [0.717, 1.165) is 6.26 Å². The molecule has 0 aliphatic heterocycles. The molecular weight excluding hydrogens is 288 g/mol. The van der Waals surface area contributed by atoms with Crippen molar-refractivity contribution in [2.75, 3.05) is 23.9 Å². The van der Waals surface area contributed by atoms with E-state index in [0.29, 0.717) is 5.69 Å². The van der Waals surface area contributed by atoms with E-state index in [-0.39, 0.29) is 22.1 Å². The smallest absolute Gasteiger partial charge is 0.258 e. The number of nitrogen functional groups attached to an aromatic ring is 1. The van der Waals surface area contributed by atoms with Crippen LogP contribution in [0.15, 0.2) is 53.4 Å². The molecule has 0 unspecified atom stereocenters. The van der Waals surface area contributed by atoms with Crippen LogP contribution in [0.3, 0.4) is 0 Å². The highest BCUT2D eigenvalue weighted by Crippen LogP contribution is 2.20. The van der Waals surface area contributed by atoms with E-state index in [1.807, 2.05) is 18.2 Å². The fourth-order valence-electron chi connectivity index (χ4n) is 1.92. The highest BCUT2D eigenvalue weighted by atomic mass is 32.2. The van der Waals surface area contributed by atoms with E-state index in [1.165, 1.54) is 23.1 Å². The van der Waals surface area contributed by atoms with Gasteiger partial charge >= 0.3 is 0 Å². The van der Waals surface area contributed by atoms with Crippen molar-refractivity contribution in [2.24, 2.45) is 0 Å². The summed E-state index contributed by atoms with van der Waals surface area (Å²) in [7, 11) is -1.80. The Hall–Kier alpha value is -2.34. The minimum absolute atomic E-state index is 0.0345. The third-order valence-electron chi connectivity index (χ3n) is 3.05. The molecule has 1 amide bonds. The number of sulfone groups is 1. The molecule has 0 atom stereocenters. The van der Waals surface area contributed by atoms with Crippen molar-refractivity contribution in [2.45, 2.75) is 4.90 Å². The number of nitrogens with zero attached hydrogens (tertiary/aromatic N) is 1. The van der Waals surface area contributed by atoms with Crippen molar-refractivity contribution in [1.29, 1.82) is 0 Å². The molecule has 2 rings (SSSR count). The molecule has 0 bridgehead atoms. The van der Waals surface area contributed by atoms with Crippen molar-refractivity contribution in [3.05, 3.63) is 54.1 Å². The summed E-state index contributed by atoms with van der Waals surface area (Å²) in [6.07, 6.45) is 1.08. The zero-order chi connectivity index (χ0) is 15.6. The molecule has 0 fully saturated rings. The molecule has 0 spiro atoms. The van der Waals surface area contributed by atoms with Crippen LogP contribution in [0.25, 0.3) is 0 Å². The van der Waals surface area contributed by atoms with Crippen molar-refractivity contribution in [1.82, 2.24) is 0 Å². The van der Waals surface area contributed by atoms with Gasteiger partial charge in [-0.05, 0) is 30.3 Å². The minimum Gasteiger partial charge on any atom is -0.399 e. The van der Waals surface area contributed by atoms with Gasteiger partial charge in [-0.2, -0.15) is 0 Å². The van der Waals surface area contributed by atoms with Gasteiger partial charge in [-0.25, -0.2) is 8.42 Å². The molecule has 21 heavy (non-hydrogen) atoms. The predicted octanol–water partition coefficient (Wildman–Crippen LogP) is 1.95. The van der Waals surface area contributed by atoms with Crippen LogP contribution in [-0.2, 0) is 9.84 Å². The van der Waals surface area contributed by atoms with E-state index in [9.17, 15) is 13.2 Å². The number of hydrogen-bond donors (Lipinski definition) is 1. The predicted molar refractivity (Wildman–Crippen MR) is 83.1 cm³/mol. The Labute approximate surface area is 123 Å². The number of carbonyl (C=O) groups is 1. The van der Waals surface area contributed by atoms with Crippen LogP contribution in [0.1, 0.15) is 10.4 Å². The Kier molecular flexibility index (Phi) is 3.99. The van der Waals surface area contributed by atoms with Crippen molar-refractivity contribution >= 4 is 27.1 Å². The van der Waals surface area contributed by atoms with Gasteiger partial charge in [0.15, 0.2) is 9.84 Å². The maximum absolute atomic E-state index is 12.5. The number of hydrogen-bond acceptors (Lipinski definition) is 4. The van der Waals surface area contributed by atoms with Gasteiger partial charge in [0.25, 0.3) is 5.91 Å². The Morgan fingerprint density at radius 2 is 1.71 bits per heavy atom. The van der Waals surface area contributed by atoms with Gasteiger partial charge in [0.2, 0.25) is 0 Å². The number of para-hydroxylation sites is 1. The molecule has 0 aromatic heterocycles. The third kappa shape index (κ3) is 3.41. The van der Waals surface area contributed by atoms with Gasteiger partial charge in [-0.15, -0.1) is 0 Å². The van der Waals surface area contributed by atoms with E-state index < -0.39 is 9.84 Å². The normalized spacial score (nSPS) is 11.1. The lowest BCUT2D eigenvalue weighted by molar-refractivity contribution is 0.0993. The Bertz CT molecular complexity index is 771. The summed E-state index contributed by atoms with van der Waals surface area (Å²) in [5.74, 6) is -0.321. The molecule has 2 aromatic rings. The van der Waals surface area contributed by atoms with Gasteiger partial charge in [0.1, 0.15) is 0 Å². The van der Waals surface area contributed by atoms with Gasteiger partial charge < -0.3 is 10.6 Å². The first kappa shape index (κ1) is 15.1. The maximum Gasteiger partial charge on any atom is 0.258 e. The first-order valence-electron chi connectivity index (χ1n) is 6.23. The standard InChI is InChI=1S/C15H16N2O3S/c1-17(13-6-4-3-5-7-13)15(18)11-8-12(16)10-14(9-11)21(2,19)20/h3-10H,16H2,1-2H3. The first-order chi connectivity index (χ1) is 9.79. The second-order valence-electron chi connectivity index (χ2n) is 4.76. The summed E-state index contributed by atoms with van der Waals surface area (Å²) in [5, 5.41) is 0. The molecule has 6 heteroatoms. The number of amides is 1. The van der Waals surface area contributed by atoms with E-state index in [1.54, 1.807) is 19.2 Å².